The van der Waals surface area contributed by atoms with Crippen molar-refractivity contribution < 1.29 is 14.3 Å². The highest BCUT2D eigenvalue weighted by Crippen LogP contribution is 2.31. The molecule has 1 saturated heterocycles. The van der Waals surface area contributed by atoms with Crippen LogP contribution in [0.2, 0.25) is 5.02 Å². The Morgan fingerprint density at radius 3 is 2.67 bits per heavy atom. The van der Waals surface area contributed by atoms with Gasteiger partial charge in [0.2, 0.25) is 11.8 Å². The molecule has 0 bridgehead atoms. The highest BCUT2D eigenvalue weighted by atomic mass is 35.5. The molecule has 0 radical (unpaired) electrons. The Bertz CT molecular complexity index is 875. The standard InChI is InChI=1S/C23H28ClN3O3/c1-3-25-22(28)17-10-7-13-27(15-17)21(16-8-5-4-6-9-16)23(29)26-18-11-12-20(30-2)19(24)14-18/h4-6,8-9,11-12,14,17,21H,3,7,10,13,15H2,1-2H3,(H,25,28)(H,26,29). The predicted octanol–water partition coefficient (Wildman–Crippen LogP) is 3.88. The van der Waals surface area contributed by atoms with E-state index in [0.29, 0.717) is 29.5 Å². The molecule has 0 spiro atoms. The maximum Gasteiger partial charge on any atom is 0.246 e. The number of benzene rings is 2. The quantitative estimate of drug-likeness (QED) is 0.700. The Labute approximate surface area is 182 Å². The van der Waals surface area contributed by atoms with Crippen molar-refractivity contribution in [2.45, 2.75) is 25.8 Å². The highest BCUT2D eigenvalue weighted by Gasteiger charge is 2.34. The van der Waals surface area contributed by atoms with Crippen LogP contribution in [-0.2, 0) is 9.59 Å². The average molecular weight is 430 g/mol. The maximum atomic E-state index is 13.4. The third kappa shape index (κ3) is 5.32. The summed E-state index contributed by atoms with van der Waals surface area (Å²) in [6.07, 6.45) is 1.70. The number of rotatable bonds is 7. The van der Waals surface area contributed by atoms with Crippen LogP contribution >= 0.6 is 11.6 Å². The fraction of sp³-hybridized carbons (Fsp3) is 0.391. The van der Waals surface area contributed by atoms with E-state index in [1.165, 1.54) is 0 Å². The zero-order chi connectivity index (χ0) is 21.5. The summed E-state index contributed by atoms with van der Waals surface area (Å²) < 4.78 is 5.18. The number of carbonyl (C=O) groups is 2. The van der Waals surface area contributed by atoms with Crippen LogP contribution in [0, 0.1) is 5.92 Å². The molecule has 3 rings (SSSR count). The van der Waals surface area contributed by atoms with Crippen molar-refractivity contribution in [3.8, 4) is 5.75 Å². The fourth-order valence-corrected chi connectivity index (χ4v) is 4.15. The van der Waals surface area contributed by atoms with Gasteiger partial charge in [-0.2, -0.15) is 0 Å². The Morgan fingerprint density at radius 1 is 1.23 bits per heavy atom. The van der Waals surface area contributed by atoms with Gasteiger partial charge < -0.3 is 15.4 Å². The van der Waals surface area contributed by atoms with Gasteiger partial charge in [-0.05, 0) is 50.1 Å². The molecule has 1 aliphatic rings. The molecule has 7 heteroatoms. The number of amides is 2. The van der Waals surface area contributed by atoms with Gasteiger partial charge in [-0.1, -0.05) is 41.9 Å². The van der Waals surface area contributed by atoms with Gasteiger partial charge in [0.1, 0.15) is 11.8 Å². The fourth-order valence-electron chi connectivity index (χ4n) is 3.89. The molecule has 6 nitrogen and oxygen atoms in total. The number of ether oxygens (including phenoxy) is 1. The van der Waals surface area contributed by atoms with E-state index in [4.69, 9.17) is 16.3 Å². The van der Waals surface area contributed by atoms with Crippen molar-refractivity contribution in [1.29, 1.82) is 0 Å². The smallest absolute Gasteiger partial charge is 0.246 e. The van der Waals surface area contributed by atoms with Crippen LogP contribution in [0.5, 0.6) is 5.75 Å². The average Bonchev–Trinajstić information content (AvgIpc) is 2.75. The molecule has 2 N–H and O–H groups in total. The van der Waals surface area contributed by atoms with Gasteiger partial charge in [0.25, 0.3) is 0 Å². The summed E-state index contributed by atoms with van der Waals surface area (Å²) in [4.78, 5) is 27.8. The minimum Gasteiger partial charge on any atom is -0.495 e. The normalized spacial score (nSPS) is 17.8. The van der Waals surface area contributed by atoms with E-state index in [9.17, 15) is 9.59 Å². The second-order valence-corrected chi connectivity index (χ2v) is 7.79. The summed E-state index contributed by atoms with van der Waals surface area (Å²) >= 11 is 6.21. The summed E-state index contributed by atoms with van der Waals surface area (Å²) in [5.74, 6) is 0.332. The maximum absolute atomic E-state index is 13.4. The van der Waals surface area contributed by atoms with E-state index >= 15 is 0 Å². The second-order valence-electron chi connectivity index (χ2n) is 7.38. The number of methoxy groups -OCH3 is 1. The van der Waals surface area contributed by atoms with Crippen LogP contribution in [-0.4, -0.2) is 43.5 Å². The molecule has 2 unspecified atom stereocenters. The molecule has 2 atom stereocenters. The monoisotopic (exact) mass is 429 g/mol. The summed E-state index contributed by atoms with van der Waals surface area (Å²) in [5.41, 5.74) is 1.50. The largest absolute Gasteiger partial charge is 0.495 e. The molecule has 2 aromatic rings. The molecule has 1 heterocycles. The van der Waals surface area contributed by atoms with Gasteiger partial charge in [0.15, 0.2) is 0 Å². The van der Waals surface area contributed by atoms with Gasteiger partial charge in [-0.15, -0.1) is 0 Å². The first-order valence-electron chi connectivity index (χ1n) is 10.2. The van der Waals surface area contributed by atoms with Gasteiger partial charge in [0, 0.05) is 18.8 Å². The third-order valence-electron chi connectivity index (χ3n) is 5.32. The van der Waals surface area contributed by atoms with E-state index in [-0.39, 0.29) is 17.7 Å². The first-order chi connectivity index (χ1) is 14.5. The molecular formula is C23H28ClN3O3. The summed E-state index contributed by atoms with van der Waals surface area (Å²) in [6, 6.07) is 14.3. The molecule has 30 heavy (non-hydrogen) atoms. The molecule has 0 saturated carbocycles. The van der Waals surface area contributed by atoms with Crippen LogP contribution in [0.3, 0.4) is 0 Å². The van der Waals surface area contributed by atoms with Gasteiger partial charge in [-0.3, -0.25) is 14.5 Å². The molecule has 0 aliphatic carbocycles. The van der Waals surface area contributed by atoms with E-state index in [0.717, 1.165) is 24.9 Å². The number of halogens is 1. The van der Waals surface area contributed by atoms with E-state index < -0.39 is 6.04 Å². The lowest BCUT2D eigenvalue weighted by atomic mass is 9.93. The first kappa shape index (κ1) is 22.1. The number of nitrogens with zero attached hydrogens (tertiary/aromatic N) is 1. The summed E-state index contributed by atoms with van der Waals surface area (Å²) in [6.45, 7) is 3.82. The Balaban J connectivity index is 1.83. The lowest BCUT2D eigenvalue weighted by Crippen LogP contribution is -2.47. The Hall–Kier alpha value is -2.57. The number of piperidine rings is 1. The highest BCUT2D eigenvalue weighted by molar-refractivity contribution is 6.32. The number of anilines is 1. The topological polar surface area (TPSA) is 70.7 Å². The van der Waals surface area contributed by atoms with Crippen molar-refractivity contribution >= 4 is 29.1 Å². The zero-order valence-electron chi connectivity index (χ0n) is 17.4. The number of carbonyl (C=O) groups excluding carboxylic acids is 2. The number of hydrogen-bond acceptors (Lipinski definition) is 4. The minimum atomic E-state index is -0.496. The first-order valence-corrected chi connectivity index (χ1v) is 10.6. The van der Waals surface area contributed by atoms with Crippen molar-refractivity contribution in [2.75, 3.05) is 32.1 Å². The Kier molecular flexibility index (Phi) is 7.71. The predicted molar refractivity (Wildman–Crippen MR) is 119 cm³/mol. The molecular weight excluding hydrogens is 402 g/mol. The van der Waals surface area contributed by atoms with E-state index in [2.05, 4.69) is 15.5 Å². The lowest BCUT2D eigenvalue weighted by molar-refractivity contribution is -0.129. The lowest BCUT2D eigenvalue weighted by Gasteiger charge is -2.37. The van der Waals surface area contributed by atoms with E-state index in [1.807, 2.05) is 37.3 Å². The molecule has 160 valence electrons. The Morgan fingerprint density at radius 2 is 2.00 bits per heavy atom. The van der Waals surface area contributed by atoms with Crippen LogP contribution in [0.4, 0.5) is 5.69 Å². The third-order valence-corrected chi connectivity index (χ3v) is 5.62. The number of nitrogens with one attached hydrogen (secondary N) is 2. The van der Waals surface area contributed by atoms with Crippen LogP contribution in [0.25, 0.3) is 0 Å². The molecule has 2 aromatic carbocycles. The molecule has 0 aromatic heterocycles. The molecule has 1 aliphatic heterocycles. The van der Waals surface area contributed by atoms with Crippen molar-refractivity contribution in [3.63, 3.8) is 0 Å². The number of hydrogen-bond donors (Lipinski definition) is 2. The van der Waals surface area contributed by atoms with Crippen LogP contribution in [0.1, 0.15) is 31.4 Å². The minimum absolute atomic E-state index is 0.0522. The molecule has 1 fully saturated rings. The van der Waals surface area contributed by atoms with Gasteiger partial charge in [0.05, 0.1) is 18.1 Å². The summed E-state index contributed by atoms with van der Waals surface area (Å²) in [7, 11) is 1.55. The summed E-state index contributed by atoms with van der Waals surface area (Å²) in [5, 5.41) is 6.32. The number of likely N-dealkylation sites (tertiary alicyclic amines) is 1. The van der Waals surface area contributed by atoms with Gasteiger partial charge in [-0.25, -0.2) is 0 Å². The molecule has 2 amide bonds. The second kappa shape index (κ2) is 10.5. The van der Waals surface area contributed by atoms with Crippen molar-refractivity contribution in [3.05, 3.63) is 59.1 Å². The van der Waals surface area contributed by atoms with Gasteiger partial charge >= 0.3 is 0 Å². The SMILES string of the molecule is CCNC(=O)C1CCCN(C(C(=O)Nc2ccc(OC)c(Cl)c2)c2ccccc2)C1. The van der Waals surface area contributed by atoms with Crippen molar-refractivity contribution in [1.82, 2.24) is 10.2 Å². The van der Waals surface area contributed by atoms with Crippen LogP contribution in [0.15, 0.2) is 48.5 Å². The zero-order valence-corrected chi connectivity index (χ0v) is 18.1. The van der Waals surface area contributed by atoms with Crippen LogP contribution < -0.4 is 15.4 Å². The van der Waals surface area contributed by atoms with Crippen molar-refractivity contribution in [2.24, 2.45) is 5.92 Å². The van der Waals surface area contributed by atoms with E-state index in [1.54, 1.807) is 25.3 Å².